The smallest absolute Gasteiger partial charge is 0.314 e. The Morgan fingerprint density at radius 2 is 1.79 bits per heavy atom. The molecule has 2 aromatic rings. The first-order valence-corrected chi connectivity index (χ1v) is 9.95. The van der Waals surface area contributed by atoms with E-state index in [1.165, 1.54) is 12.1 Å². The highest BCUT2D eigenvalue weighted by atomic mass is 19.2. The van der Waals surface area contributed by atoms with Crippen molar-refractivity contribution in [2.75, 3.05) is 6.61 Å². The van der Waals surface area contributed by atoms with E-state index in [-0.39, 0.29) is 17.4 Å². The number of ether oxygens (including phenoxy) is 2. The lowest BCUT2D eigenvalue weighted by atomic mass is 9.87. The van der Waals surface area contributed by atoms with Crippen molar-refractivity contribution in [3.8, 4) is 5.75 Å². The summed E-state index contributed by atoms with van der Waals surface area (Å²) in [5, 5.41) is 0. The monoisotopic (exact) mass is 388 g/mol. The largest absolute Gasteiger partial charge is 0.490 e. The zero-order chi connectivity index (χ0) is 20.1. The second-order valence-corrected chi connectivity index (χ2v) is 7.13. The molecule has 1 aliphatic rings. The van der Waals surface area contributed by atoms with Crippen molar-refractivity contribution in [2.24, 2.45) is 0 Å². The van der Waals surface area contributed by atoms with Crippen LogP contribution in [0.4, 0.5) is 8.78 Å². The molecule has 0 amide bonds. The van der Waals surface area contributed by atoms with Gasteiger partial charge in [0.25, 0.3) is 0 Å². The maximum Gasteiger partial charge on any atom is 0.314 e. The number of carbonyl (C=O) groups is 1. The van der Waals surface area contributed by atoms with Crippen molar-refractivity contribution < 1.29 is 23.0 Å². The summed E-state index contributed by atoms with van der Waals surface area (Å²) in [6, 6.07) is 10.7. The van der Waals surface area contributed by atoms with Crippen molar-refractivity contribution in [3.05, 3.63) is 64.7 Å². The Balaban J connectivity index is 1.78. The third-order valence-electron chi connectivity index (χ3n) is 5.10. The molecule has 1 fully saturated rings. The van der Waals surface area contributed by atoms with Gasteiger partial charge in [-0.3, -0.25) is 4.79 Å². The van der Waals surface area contributed by atoms with Gasteiger partial charge in [0.05, 0.1) is 12.5 Å². The molecule has 0 aromatic heterocycles. The molecule has 150 valence electrons. The number of cyclic esters (lactones) is 1. The summed E-state index contributed by atoms with van der Waals surface area (Å²) >= 11 is 0. The highest BCUT2D eigenvalue weighted by molar-refractivity contribution is 5.79. The number of hydrogen-bond donors (Lipinski definition) is 0. The van der Waals surface area contributed by atoms with Gasteiger partial charge in [-0.25, -0.2) is 4.39 Å². The lowest BCUT2D eigenvalue weighted by molar-refractivity contribution is -0.156. The van der Waals surface area contributed by atoms with Gasteiger partial charge in [-0.05, 0) is 42.9 Å². The lowest BCUT2D eigenvalue weighted by Gasteiger charge is -2.30. The molecule has 0 spiro atoms. The topological polar surface area (TPSA) is 35.5 Å². The fourth-order valence-electron chi connectivity index (χ4n) is 3.70. The van der Waals surface area contributed by atoms with Gasteiger partial charge in [0.15, 0.2) is 11.6 Å². The number of carbonyl (C=O) groups excluding carboxylic acids is 1. The fraction of sp³-hybridized carbons (Fsp3) is 0.435. The van der Waals surface area contributed by atoms with Gasteiger partial charge in [-0.1, -0.05) is 50.6 Å². The summed E-state index contributed by atoms with van der Waals surface area (Å²) in [4.78, 5) is 12.6. The Bertz CT molecular complexity index is 835. The molecule has 3 rings (SSSR count). The van der Waals surface area contributed by atoms with E-state index in [0.717, 1.165) is 24.0 Å². The highest BCUT2D eigenvalue weighted by Gasteiger charge is 2.35. The first-order chi connectivity index (χ1) is 13.6. The summed E-state index contributed by atoms with van der Waals surface area (Å²) in [7, 11) is 0. The van der Waals surface area contributed by atoms with Crippen LogP contribution in [0.5, 0.6) is 5.75 Å². The summed E-state index contributed by atoms with van der Waals surface area (Å²) < 4.78 is 39.7. The Kier molecular flexibility index (Phi) is 6.65. The number of rotatable bonds is 7. The molecule has 0 bridgehead atoms. The van der Waals surface area contributed by atoms with Crippen molar-refractivity contribution in [2.45, 2.75) is 58.0 Å². The van der Waals surface area contributed by atoms with E-state index in [2.05, 4.69) is 6.92 Å². The summed E-state index contributed by atoms with van der Waals surface area (Å²) in [6.07, 6.45) is 3.25. The van der Waals surface area contributed by atoms with Crippen molar-refractivity contribution in [1.82, 2.24) is 0 Å². The number of aryl methyl sites for hydroxylation is 1. The minimum absolute atomic E-state index is 0.0339. The quantitative estimate of drug-likeness (QED) is 0.557. The standard InChI is InChI=1S/C23H26F2O3/c1-3-7-15-8-5-6-9-16(15)19-12-11-18(23(26)28-19)17-10-13-20(27-14-4-2)22(25)21(17)24/h5-6,8-10,13,18-19H,3-4,7,11-12,14H2,1-2H3. The molecule has 0 radical (unpaired) electrons. The van der Waals surface area contributed by atoms with Crippen molar-refractivity contribution >= 4 is 5.97 Å². The molecule has 1 heterocycles. The van der Waals surface area contributed by atoms with E-state index in [4.69, 9.17) is 9.47 Å². The molecule has 0 N–H and O–H groups in total. The Hall–Kier alpha value is -2.43. The van der Waals surface area contributed by atoms with Gasteiger partial charge in [0.2, 0.25) is 5.82 Å². The third-order valence-corrected chi connectivity index (χ3v) is 5.10. The summed E-state index contributed by atoms with van der Waals surface area (Å²) in [6.45, 7) is 4.29. The molecule has 0 aliphatic carbocycles. The minimum atomic E-state index is -1.05. The predicted molar refractivity (Wildman–Crippen MR) is 103 cm³/mol. The van der Waals surface area contributed by atoms with Crippen LogP contribution in [0.3, 0.4) is 0 Å². The molecule has 2 atom stereocenters. The average molecular weight is 388 g/mol. The zero-order valence-electron chi connectivity index (χ0n) is 16.3. The molecule has 0 saturated carbocycles. The molecule has 3 nitrogen and oxygen atoms in total. The first kappa shape index (κ1) is 20.3. The van der Waals surface area contributed by atoms with Gasteiger partial charge in [-0.2, -0.15) is 4.39 Å². The van der Waals surface area contributed by atoms with E-state index in [0.29, 0.717) is 25.9 Å². The minimum Gasteiger partial charge on any atom is -0.490 e. The van der Waals surface area contributed by atoms with E-state index < -0.39 is 23.5 Å². The average Bonchev–Trinajstić information content (AvgIpc) is 2.70. The van der Waals surface area contributed by atoms with E-state index in [9.17, 15) is 13.6 Å². The normalized spacial score (nSPS) is 19.4. The van der Waals surface area contributed by atoms with Crippen LogP contribution in [0.15, 0.2) is 36.4 Å². The predicted octanol–water partition coefficient (Wildman–Crippen LogP) is 5.87. The molecule has 2 aromatic carbocycles. The van der Waals surface area contributed by atoms with Gasteiger partial charge in [0.1, 0.15) is 6.10 Å². The second-order valence-electron chi connectivity index (χ2n) is 7.13. The van der Waals surface area contributed by atoms with Gasteiger partial charge in [-0.15, -0.1) is 0 Å². The Morgan fingerprint density at radius 1 is 1.00 bits per heavy atom. The lowest BCUT2D eigenvalue weighted by Crippen LogP contribution is -2.26. The molecular formula is C23H26F2O3. The number of benzene rings is 2. The van der Waals surface area contributed by atoms with Crippen LogP contribution < -0.4 is 4.74 Å². The van der Waals surface area contributed by atoms with Crippen LogP contribution in [0.1, 0.15) is 68.2 Å². The SMILES string of the molecule is CCCOc1ccc(C2CCC(c3ccccc3CCC)OC2=O)c(F)c1F. The van der Waals surface area contributed by atoms with Crippen LogP contribution >= 0.6 is 0 Å². The van der Waals surface area contributed by atoms with E-state index >= 15 is 0 Å². The number of halogens is 2. The third kappa shape index (κ3) is 4.18. The van der Waals surface area contributed by atoms with Crippen LogP contribution in [-0.2, 0) is 16.0 Å². The van der Waals surface area contributed by atoms with E-state index in [1.54, 1.807) is 0 Å². The molecule has 28 heavy (non-hydrogen) atoms. The number of esters is 1. The molecule has 1 saturated heterocycles. The Morgan fingerprint density at radius 3 is 2.50 bits per heavy atom. The summed E-state index contributed by atoms with van der Waals surface area (Å²) in [5.41, 5.74) is 2.20. The second kappa shape index (κ2) is 9.18. The van der Waals surface area contributed by atoms with Crippen molar-refractivity contribution in [1.29, 1.82) is 0 Å². The van der Waals surface area contributed by atoms with Crippen LogP contribution in [0.2, 0.25) is 0 Å². The fourth-order valence-corrected chi connectivity index (χ4v) is 3.70. The van der Waals surface area contributed by atoms with Gasteiger partial charge < -0.3 is 9.47 Å². The molecule has 1 aliphatic heterocycles. The molecule has 5 heteroatoms. The van der Waals surface area contributed by atoms with Crippen molar-refractivity contribution in [3.63, 3.8) is 0 Å². The summed E-state index contributed by atoms with van der Waals surface area (Å²) in [5.74, 6) is -3.51. The first-order valence-electron chi connectivity index (χ1n) is 9.95. The number of hydrogen-bond acceptors (Lipinski definition) is 3. The molecular weight excluding hydrogens is 362 g/mol. The van der Waals surface area contributed by atoms with Crippen LogP contribution in [0.25, 0.3) is 0 Å². The highest BCUT2D eigenvalue weighted by Crippen LogP contribution is 2.39. The van der Waals surface area contributed by atoms with Gasteiger partial charge >= 0.3 is 5.97 Å². The van der Waals surface area contributed by atoms with Crippen LogP contribution in [-0.4, -0.2) is 12.6 Å². The maximum absolute atomic E-state index is 14.6. The Labute approximate surface area is 164 Å². The molecule has 2 unspecified atom stereocenters. The van der Waals surface area contributed by atoms with Crippen LogP contribution in [0, 0.1) is 11.6 Å². The van der Waals surface area contributed by atoms with E-state index in [1.807, 2.05) is 31.2 Å². The van der Waals surface area contributed by atoms with Gasteiger partial charge in [0, 0.05) is 5.56 Å². The zero-order valence-corrected chi connectivity index (χ0v) is 16.3. The maximum atomic E-state index is 14.6.